The Morgan fingerprint density at radius 2 is 2.11 bits per heavy atom. The Morgan fingerprint density at radius 1 is 1.44 bits per heavy atom. The number of nitrogens with one attached hydrogen (secondary N) is 1. The third kappa shape index (κ3) is 2.41. The molecule has 0 aromatic heterocycles. The van der Waals surface area contributed by atoms with Crippen molar-refractivity contribution in [2.24, 2.45) is 5.92 Å². The molecule has 1 saturated heterocycles. The maximum Gasteiger partial charge on any atom is 0.243 e. The van der Waals surface area contributed by atoms with Gasteiger partial charge < -0.3 is 9.64 Å². The first-order valence-corrected chi connectivity index (χ1v) is 7.20. The molecule has 0 radical (unpaired) electrons. The van der Waals surface area contributed by atoms with E-state index in [1.54, 1.807) is 7.11 Å². The number of nitrogens with zero attached hydrogens (tertiary/aromatic N) is 1. The van der Waals surface area contributed by atoms with Crippen LogP contribution in [0.3, 0.4) is 0 Å². The third-order valence-corrected chi connectivity index (χ3v) is 4.62. The lowest BCUT2D eigenvalue weighted by Gasteiger charge is -2.28. The Labute approximate surface area is 110 Å². The van der Waals surface area contributed by atoms with E-state index in [-0.39, 0.29) is 17.6 Å². The summed E-state index contributed by atoms with van der Waals surface area (Å²) in [7, 11) is 1.69. The van der Waals surface area contributed by atoms with E-state index >= 15 is 0 Å². The Balaban J connectivity index is 2.12. The van der Waals surface area contributed by atoms with Gasteiger partial charge in [0.25, 0.3) is 0 Å². The zero-order chi connectivity index (χ0) is 13.2. The van der Waals surface area contributed by atoms with Crippen LogP contribution in [0.15, 0.2) is 0 Å². The lowest BCUT2D eigenvalue weighted by Crippen LogP contribution is -2.45. The summed E-state index contributed by atoms with van der Waals surface area (Å²) in [5, 5.41) is 3.59. The zero-order valence-electron chi connectivity index (χ0n) is 11.9. The number of carbonyl (C=O) groups is 1. The van der Waals surface area contributed by atoms with Gasteiger partial charge in [-0.1, -0.05) is 19.8 Å². The summed E-state index contributed by atoms with van der Waals surface area (Å²) in [6.45, 7) is 5.44. The van der Waals surface area contributed by atoms with Crippen LogP contribution in [0, 0.1) is 5.92 Å². The molecular formula is C14H26N2O2. The number of methoxy groups -OCH3 is 1. The number of hydrogen-bond donors (Lipinski definition) is 1. The van der Waals surface area contributed by atoms with Gasteiger partial charge in [0.15, 0.2) is 0 Å². The fourth-order valence-corrected chi connectivity index (χ4v) is 3.24. The molecule has 2 atom stereocenters. The molecule has 18 heavy (non-hydrogen) atoms. The Kier molecular flexibility index (Phi) is 4.28. The summed E-state index contributed by atoms with van der Waals surface area (Å²) < 4.78 is 5.14. The molecule has 2 unspecified atom stereocenters. The molecule has 0 bridgehead atoms. The molecule has 1 aliphatic carbocycles. The van der Waals surface area contributed by atoms with Crippen LogP contribution >= 0.6 is 0 Å². The van der Waals surface area contributed by atoms with Gasteiger partial charge in [-0.25, -0.2) is 0 Å². The summed E-state index contributed by atoms with van der Waals surface area (Å²) in [5.41, 5.74) is -0.374. The van der Waals surface area contributed by atoms with Crippen molar-refractivity contribution in [2.75, 3.05) is 20.3 Å². The quantitative estimate of drug-likeness (QED) is 0.812. The highest BCUT2D eigenvalue weighted by atomic mass is 16.5. The van der Waals surface area contributed by atoms with Crippen LogP contribution in [0.1, 0.15) is 46.0 Å². The topological polar surface area (TPSA) is 41.6 Å². The predicted molar refractivity (Wildman–Crippen MR) is 71.2 cm³/mol. The van der Waals surface area contributed by atoms with Gasteiger partial charge in [-0.15, -0.1) is 0 Å². The van der Waals surface area contributed by atoms with E-state index in [2.05, 4.69) is 12.2 Å². The second-order valence-electron chi connectivity index (χ2n) is 5.81. The number of rotatable bonds is 5. The summed E-state index contributed by atoms with van der Waals surface area (Å²) in [4.78, 5) is 14.6. The Bertz CT molecular complexity index is 302. The normalized spacial score (nSPS) is 33.6. The average Bonchev–Trinajstić information content (AvgIpc) is 2.97. The van der Waals surface area contributed by atoms with Crippen LogP contribution in [0.2, 0.25) is 0 Å². The van der Waals surface area contributed by atoms with E-state index in [9.17, 15) is 4.79 Å². The molecule has 1 aliphatic heterocycles. The lowest BCUT2D eigenvalue weighted by molar-refractivity contribution is -0.134. The standard InChI is InChI=1S/C14H26N2O2/c1-4-14(2)13(17)16(9-10-18-3)12(15-14)11-7-5-6-8-11/h11-12,15H,4-10H2,1-3H3. The van der Waals surface area contributed by atoms with E-state index < -0.39 is 0 Å². The monoisotopic (exact) mass is 254 g/mol. The molecule has 0 spiro atoms. The zero-order valence-corrected chi connectivity index (χ0v) is 11.9. The molecule has 4 nitrogen and oxygen atoms in total. The van der Waals surface area contributed by atoms with E-state index in [1.807, 2.05) is 11.8 Å². The second kappa shape index (κ2) is 5.57. The maximum absolute atomic E-state index is 12.5. The largest absolute Gasteiger partial charge is 0.383 e. The first-order chi connectivity index (χ1) is 8.62. The van der Waals surface area contributed by atoms with Crippen LogP contribution < -0.4 is 5.32 Å². The molecule has 2 aliphatic rings. The van der Waals surface area contributed by atoms with Crippen molar-refractivity contribution in [3.63, 3.8) is 0 Å². The van der Waals surface area contributed by atoms with Crippen LogP contribution in [0.25, 0.3) is 0 Å². The maximum atomic E-state index is 12.5. The van der Waals surface area contributed by atoms with Gasteiger partial charge in [0, 0.05) is 13.7 Å². The number of ether oxygens (including phenoxy) is 1. The average molecular weight is 254 g/mol. The summed E-state index contributed by atoms with van der Waals surface area (Å²) >= 11 is 0. The highest BCUT2D eigenvalue weighted by molar-refractivity contribution is 5.88. The van der Waals surface area contributed by atoms with Crippen LogP contribution in [0.5, 0.6) is 0 Å². The first-order valence-electron chi connectivity index (χ1n) is 7.20. The van der Waals surface area contributed by atoms with Crippen molar-refractivity contribution in [3.05, 3.63) is 0 Å². The Hall–Kier alpha value is -0.610. The summed E-state index contributed by atoms with van der Waals surface area (Å²) in [5.74, 6) is 0.873. The summed E-state index contributed by atoms with van der Waals surface area (Å²) in [6, 6.07) is 0. The first kappa shape index (κ1) is 13.8. The lowest BCUT2D eigenvalue weighted by atomic mass is 9.99. The molecule has 4 heteroatoms. The Morgan fingerprint density at radius 3 is 2.67 bits per heavy atom. The fourth-order valence-electron chi connectivity index (χ4n) is 3.24. The smallest absolute Gasteiger partial charge is 0.243 e. The van der Waals surface area contributed by atoms with E-state index in [0.717, 1.165) is 6.42 Å². The molecule has 0 aromatic carbocycles. The van der Waals surface area contributed by atoms with Crippen molar-refractivity contribution in [3.8, 4) is 0 Å². The van der Waals surface area contributed by atoms with E-state index in [0.29, 0.717) is 19.1 Å². The van der Waals surface area contributed by atoms with Crippen molar-refractivity contribution in [1.82, 2.24) is 10.2 Å². The second-order valence-corrected chi connectivity index (χ2v) is 5.81. The molecule has 2 rings (SSSR count). The van der Waals surface area contributed by atoms with Crippen molar-refractivity contribution >= 4 is 5.91 Å². The van der Waals surface area contributed by atoms with Gasteiger partial charge in [-0.2, -0.15) is 0 Å². The van der Waals surface area contributed by atoms with Crippen molar-refractivity contribution in [1.29, 1.82) is 0 Å². The van der Waals surface area contributed by atoms with Gasteiger partial charge in [0.1, 0.15) is 0 Å². The predicted octanol–water partition coefficient (Wildman–Crippen LogP) is 1.75. The number of carbonyl (C=O) groups excluding carboxylic acids is 1. The highest BCUT2D eigenvalue weighted by Crippen LogP contribution is 2.35. The van der Waals surface area contributed by atoms with Crippen LogP contribution in [-0.2, 0) is 9.53 Å². The molecule has 2 fully saturated rings. The third-order valence-electron chi connectivity index (χ3n) is 4.62. The van der Waals surface area contributed by atoms with Crippen molar-refractivity contribution in [2.45, 2.75) is 57.7 Å². The molecule has 104 valence electrons. The minimum atomic E-state index is -0.374. The van der Waals surface area contributed by atoms with Crippen LogP contribution in [-0.4, -0.2) is 42.8 Å². The molecule has 0 aromatic rings. The summed E-state index contributed by atoms with van der Waals surface area (Å²) in [6.07, 6.45) is 6.16. The molecule has 1 N–H and O–H groups in total. The van der Waals surface area contributed by atoms with Crippen LogP contribution in [0.4, 0.5) is 0 Å². The minimum absolute atomic E-state index is 0.222. The molecule has 1 amide bonds. The van der Waals surface area contributed by atoms with Gasteiger partial charge in [0.05, 0.1) is 18.3 Å². The van der Waals surface area contributed by atoms with E-state index in [4.69, 9.17) is 4.74 Å². The number of amides is 1. The molecule has 1 heterocycles. The van der Waals surface area contributed by atoms with Gasteiger partial charge in [-0.3, -0.25) is 10.1 Å². The van der Waals surface area contributed by atoms with Crippen molar-refractivity contribution < 1.29 is 9.53 Å². The fraction of sp³-hybridized carbons (Fsp3) is 0.929. The molecule has 1 saturated carbocycles. The number of hydrogen-bond acceptors (Lipinski definition) is 3. The van der Waals surface area contributed by atoms with Gasteiger partial charge >= 0.3 is 0 Å². The SMILES string of the molecule is CCC1(C)NC(C2CCCC2)N(CCOC)C1=O. The molecular weight excluding hydrogens is 228 g/mol. The van der Waals surface area contributed by atoms with Gasteiger partial charge in [0.2, 0.25) is 5.91 Å². The van der Waals surface area contributed by atoms with Gasteiger partial charge in [-0.05, 0) is 32.1 Å². The minimum Gasteiger partial charge on any atom is -0.383 e. The highest BCUT2D eigenvalue weighted by Gasteiger charge is 2.49. The van der Waals surface area contributed by atoms with E-state index in [1.165, 1.54) is 25.7 Å².